The monoisotopic (exact) mass is 275 g/mol. The van der Waals surface area contributed by atoms with Gasteiger partial charge in [-0.15, -0.1) is 0 Å². The molecule has 0 spiro atoms. The Morgan fingerprint density at radius 2 is 2.15 bits per heavy atom. The van der Waals surface area contributed by atoms with E-state index in [1.54, 1.807) is 7.11 Å². The van der Waals surface area contributed by atoms with Gasteiger partial charge in [0, 0.05) is 12.6 Å². The van der Waals surface area contributed by atoms with Crippen LogP contribution in [0.25, 0.3) is 0 Å². The molecule has 0 amide bonds. The van der Waals surface area contributed by atoms with Crippen LogP contribution in [0, 0.1) is 0 Å². The average Bonchev–Trinajstić information content (AvgIpc) is 2.47. The van der Waals surface area contributed by atoms with Crippen LogP contribution < -0.4 is 14.8 Å². The number of benzene rings is 1. The van der Waals surface area contributed by atoms with Crippen molar-refractivity contribution in [2.24, 2.45) is 0 Å². The van der Waals surface area contributed by atoms with E-state index in [2.05, 4.69) is 43.4 Å². The standard InChI is InChI=1S/C17H25NO2/c1-13(2)18-12-14-9-10-16(17(11-14)19-3)20-15-7-5-4-6-8-15/h5,7,9-11,13,15,18H,4,6,8,12H2,1-3H3. The van der Waals surface area contributed by atoms with Gasteiger partial charge in [0.15, 0.2) is 11.5 Å². The molecule has 0 bridgehead atoms. The average molecular weight is 275 g/mol. The van der Waals surface area contributed by atoms with Crippen molar-refractivity contribution in [1.82, 2.24) is 5.32 Å². The van der Waals surface area contributed by atoms with Gasteiger partial charge >= 0.3 is 0 Å². The second-order valence-electron chi connectivity index (χ2n) is 5.54. The highest BCUT2D eigenvalue weighted by atomic mass is 16.5. The van der Waals surface area contributed by atoms with Gasteiger partial charge in [0.05, 0.1) is 7.11 Å². The Hall–Kier alpha value is -1.48. The van der Waals surface area contributed by atoms with E-state index in [4.69, 9.17) is 9.47 Å². The lowest BCUT2D eigenvalue weighted by atomic mass is 10.1. The van der Waals surface area contributed by atoms with Gasteiger partial charge < -0.3 is 14.8 Å². The number of methoxy groups -OCH3 is 1. The zero-order valence-electron chi connectivity index (χ0n) is 12.7. The lowest BCUT2D eigenvalue weighted by Gasteiger charge is -2.20. The third-order valence-corrected chi connectivity index (χ3v) is 3.43. The Morgan fingerprint density at radius 1 is 1.30 bits per heavy atom. The minimum atomic E-state index is 0.178. The summed E-state index contributed by atoms with van der Waals surface area (Å²) in [5, 5.41) is 3.41. The fourth-order valence-corrected chi connectivity index (χ4v) is 2.28. The molecule has 0 heterocycles. The Kier molecular flexibility index (Phi) is 5.48. The van der Waals surface area contributed by atoms with Crippen LogP contribution in [0.15, 0.2) is 30.4 Å². The van der Waals surface area contributed by atoms with Crippen LogP contribution >= 0.6 is 0 Å². The molecule has 0 aliphatic heterocycles. The molecule has 0 radical (unpaired) electrons. The van der Waals surface area contributed by atoms with Gasteiger partial charge in [0.2, 0.25) is 0 Å². The van der Waals surface area contributed by atoms with Crippen LogP contribution in [0.4, 0.5) is 0 Å². The first-order chi connectivity index (χ1) is 9.69. The van der Waals surface area contributed by atoms with Gasteiger partial charge in [-0.1, -0.05) is 26.0 Å². The zero-order valence-corrected chi connectivity index (χ0v) is 12.7. The molecular formula is C17H25NO2. The fraction of sp³-hybridized carbons (Fsp3) is 0.529. The van der Waals surface area contributed by atoms with Crippen molar-refractivity contribution in [2.45, 2.75) is 51.8 Å². The lowest BCUT2D eigenvalue weighted by molar-refractivity contribution is 0.219. The predicted octanol–water partition coefficient (Wildman–Crippen LogP) is 3.68. The molecule has 1 N–H and O–H groups in total. The smallest absolute Gasteiger partial charge is 0.162 e. The van der Waals surface area contributed by atoms with Crippen LogP contribution in [-0.4, -0.2) is 19.3 Å². The van der Waals surface area contributed by atoms with Crippen LogP contribution in [0.1, 0.15) is 38.7 Å². The molecule has 0 saturated heterocycles. The van der Waals surface area contributed by atoms with E-state index in [9.17, 15) is 0 Å². The molecule has 20 heavy (non-hydrogen) atoms. The lowest BCUT2D eigenvalue weighted by Crippen LogP contribution is -2.21. The number of hydrogen-bond acceptors (Lipinski definition) is 3. The molecule has 110 valence electrons. The van der Waals surface area contributed by atoms with Crippen LogP contribution in [0.2, 0.25) is 0 Å². The molecule has 1 aromatic rings. The molecule has 1 aromatic carbocycles. The third kappa shape index (κ3) is 4.27. The number of nitrogens with one attached hydrogen (secondary N) is 1. The minimum Gasteiger partial charge on any atom is -0.493 e. The summed E-state index contributed by atoms with van der Waals surface area (Å²) in [5.41, 5.74) is 1.21. The summed E-state index contributed by atoms with van der Waals surface area (Å²) in [6.07, 6.45) is 7.96. The number of hydrogen-bond donors (Lipinski definition) is 1. The van der Waals surface area contributed by atoms with E-state index in [0.29, 0.717) is 6.04 Å². The maximum atomic E-state index is 6.03. The highest BCUT2D eigenvalue weighted by Crippen LogP contribution is 2.30. The molecular weight excluding hydrogens is 250 g/mol. The van der Waals surface area contributed by atoms with Crippen molar-refractivity contribution >= 4 is 0 Å². The van der Waals surface area contributed by atoms with Gasteiger partial charge in [-0.3, -0.25) is 0 Å². The minimum absolute atomic E-state index is 0.178. The maximum Gasteiger partial charge on any atom is 0.162 e. The topological polar surface area (TPSA) is 30.5 Å². The van der Waals surface area contributed by atoms with Crippen molar-refractivity contribution < 1.29 is 9.47 Å². The van der Waals surface area contributed by atoms with Gasteiger partial charge in [0.1, 0.15) is 6.10 Å². The largest absolute Gasteiger partial charge is 0.493 e. The van der Waals surface area contributed by atoms with Crippen molar-refractivity contribution in [3.05, 3.63) is 35.9 Å². The van der Waals surface area contributed by atoms with Crippen molar-refractivity contribution in [3.63, 3.8) is 0 Å². The van der Waals surface area contributed by atoms with Crippen molar-refractivity contribution in [1.29, 1.82) is 0 Å². The van der Waals surface area contributed by atoms with Crippen LogP contribution in [0.3, 0.4) is 0 Å². The molecule has 1 unspecified atom stereocenters. The molecule has 1 aliphatic carbocycles. The van der Waals surface area contributed by atoms with Crippen LogP contribution in [0.5, 0.6) is 11.5 Å². The van der Waals surface area contributed by atoms with Crippen LogP contribution in [-0.2, 0) is 6.54 Å². The molecule has 3 heteroatoms. The quantitative estimate of drug-likeness (QED) is 0.803. The predicted molar refractivity (Wildman–Crippen MR) is 82.4 cm³/mol. The van der Waals surface area contributed by atoms with Crippen molar-refractivity contribution in [2.75, 3.05) is 7.11 Å². The molecule has 1 atom stereocenters. The summed E-state index contributed by atoms with van der Waals surface area (Å²) in [6, 6.07) is 6.64. The first-order valence-corrected chi connectivity index (χ1v) is 7.42. The van der Waals surface area contributed by atoms with E-state index in [1.807, 2.05) is 6.07 Å². The van der Waals surface area contributed by atoms with Gasteiger partial charge in [-0.25, -0.2) is 0 Å². The first kappa shape index (κ1) is 14.9. The van der Waals surface area contributed by atoms with Gasteiger partial charge in [-0.05, 0) is 43.0 Å². The zero-order chi connectivity index (χ0) is 14.4. The van der Waals surface area contributed by atoms with E-state index in [0.717, 1.165) is 30.9 Å². The summed E-state index contributed by atoms with van der Waals surface area (Å²) in [7, 11) is 1.69. The summed E-state index contributed by atoms with van der Waals surface area (Å²) >= 11 is 0. The Bertz CT molecular complexity index is 454. The van der Waals surface area contributed by atoms with E-state index in [1.165, 1.54) is 12.0 Å². The first-order valence-electron chi connectivity index (χ1n) is 7.42. The third-order valence-electron chi connectivity index (χ3n) is 3.43. The highest BCUT2D eigenvalue weighted by Gasteiger charge is 2.13. The fourth-order valence-electron chi connectivity index (χ4n) is 2.28. The molecule has 0 saturated carbocycles. The second-order valence-corrected chi connectivity index (χ2v) is 5.54. The molecule has 0 fully saturated rings. The van der Waals surface area contributed by atoms with E-state index >= 15 is 0 Å². The number of rotatable bonds is 6. The highest BCUT2D eigenvalue weighted by molar-refractivity contribution is 5.43. The summed E-state index contributed by atoms with van der Waals surface area (Å²) in [5.74, 6) is 1.64. The number of allylic oxidation sites excluding steroid dienone is 1. The molecule has 3 nitrogen and oxygen atoms in total. The normalized spacial score (nSPS) is 18.3. The summed E-state index contributed by atoms with van der Waals surface area (Å²) in [6.45, 7) is 5.13. The summed E-state index contributed by atoms with van der Waals surface area (Å²) < 4.78 is 11.5. The molecule has 1 aliphatic rings. The maximum absolute atomic E-state index is 6.03. The van der Waals surface area contributed by atoms with E-state index in [-0.39, 0.29) is 6.10 Å². The Labute approximate surface area is 122 Å². The Morgan fingerprint density at radius 3 is 2.80 bits per heavy atom. The SMILES string of the molecule is COc1cc(CNC(C)C)ccc1OC1C=CCCC1. The second kappa shape index (κ2) is 7.34. The molecule has 2 rings (SSSR count). The molecule has 0 aromatic heterocycles. The van der Waals surface area contributed by atoms with E-state index < -0.39 is 0 Å². The summed E-state index contributed by atoms with van der Waals surface area (Å²) in [4.78, 5) is 0. The van der Waals surface area contributed by atoms with Gasteiger partial charge in [-0.2, -0.15) is 0 Å². The van der Waals surface area contributed by atoms with Gasteiger partial charge in [0.25, 0.3) is 0 Å². The van der Waals surface area contributed by atoms with Crippen molar-refractivity contribution in [3.8, 4) is 11.5 Å². The number of ether oxygens (including phenoxy) is 2. The Balaban J connectivity index is 2.05.